The van der Waals surface area contributed by atoms with Crippen LogP contribution in [0, 0.1) is 11.8 Å². The van der Waals surface area contributed by atoms with Gasteiger partial charge in [0.1, 0.15) is 18.8 Å². The van der Waals surface area contributed by atoms with Crippen LogP contribution in [0.25, 0.3) is 0 Å². The van der Waals surface area contributed by atoms with Crippen molar-refractivity contribution in [2.45, 2.75) is 76.4 Å². The molecule has 1 aliphatic heterocycles. The van der Waals surface area contributed by atoms with E-state index < -0.39 is 65.6 Å². The Morgan fingerprint density at radius 3 is 2.44 bits per heavy atom. The molecule has 2 atom stereocenters. The van der Waals surface area contributed by atoms with E-state index in [-0.39, 0.29) is 26.1 Å². The van der Waals surface area contributed by atoms with Gasteiger partial charge in [-0.05, 0) is 63.6 Å². The highest BCUT2D eigenvalue weighted by atomic mass is 35.5. The third-order valence-corrected chi connectivity index (χ3v) is 8.18. The van der Waals surface area contributed by atoms with Gasteiger partial charge in [-0.2, -0.15) is 0 Å². The largest absolute Gasteiger partial charge is 0.460 e. The van der Waals surface area contributed by atoms with Gasteiger partial charge >= 0.3 is 12.1 Å². The molecule has 0 spiro atoms. The number of rotatable bonds is 11. The van der Waals surface area contributed by atoms with Crippen molar-refractivity contribution in [3.63, 3.8) is 0 Å². The van der Waals surface area contributed by atoms with Crippen molar-refractivity contribution in [3.05, 3.63) is 47.5 Å². The van der Waals surface area contributed by atoms with Gasteiger partial charge < -0.3 is 24.6 Å². The molecule has 3 amide bonds. The Bertz CT molecular complexity index is 1180. The van der Waals surface area contributed by atoms with Crippen molar-refractivity contribution in [3.8, 4) is 0 Å². The number of likely N-dealkylation sites (tertiary alicyclic amines) is 1. The lowest BCUT2D eigenvalue weighted by atomic mass is 9.71. The van der Waals surface area contributed by atoms with Crippen molar-refractivity contribution >= 4 is 35.5 Å². The first kappa shape index (κ1) is 34.3. The fraction of sp³-hybridized carbons (Fsp3) is 0.613. The number of hydrogen-bond acceptors (Lipinski definition) is 6. The number of ether oxygens (including phenoxy) is 2. The van der Waals surface area contributed by atoms with E-state index in [4.69, 9.17) is 21.1 Å². The predicted octanol–water partition coefficient (Wildman–Crippen LogP) is 5.01. The average molecular weight is 626 g/mol. The Labute approximate surface area is 256 Å². The molecular formula is C31H42ClF2N3O6. The van der Waals surface area contributed by atoms with Gasteiger partial charge in [0.25, 0.3) is 0 Å². The Morgan fingerprint density at radius 1 is 1.21 bits per heavy atom. The van der Waals surface area contributed by atoms with Crippen LogP contribution in [0.1, 0.15) is 58.4 Å². The molecule has 12 heteroatoms. The smallest absolute Gasteiger partial charge is 0.407 e. The van der Waals surface area contributed by atoms with Crippen LogP contribution < -0.4 is 5.32 Å². The lowest BCUT2D eigenvalue weighted by molar-refractivity contribution is -0.170. The van der Waals surface area contributed by atoms with Crippen molar-refractivity contribution in [2.75, 3.05) is 33.3 Å². The van der Waals surface area contributed by atoms with Gasteiger partial charge in [-0.25, -0.2) is 13.6 Å². The number of esters is 1. The molecule has 1 saturated carbocycles. The highest BCUT2D eigenvalue weighted by molar-refractivity contribution is 6.30. The summed E-state index contributed by atoms with van der Waals surface area (Å²) in [4.78, 5) is 55.2. The quantitative estimate of drug-likeness (QED) is 0.274. The van der Waals surface area contributed by atoms with Crippen molar-refractivity contribution in [1.29, 1.82) is 0 Å². The average Bonchev–Trinajstić information content (AvgIpc) is 2.91. The molecule has 1 aromatic carbocycles. The number of carbonyl (C=O) groups excluding carboxylic acids is 4. The van der Waals surface area contributed by atoms with Gasteiger partial charge in [0.2, 0.25) is 17.7 Å². The molecule has 1 saturated heterocycles. The number of hydrogen-bond donors (Lipinski definition) is 1. The minimum Gasteiger partial charge on any atom is -0.460 e. The summed E-state index contributed by atoms with van der Waals surface area (Å²) in [7, 11) is 1.62. The summed E-state index contributed by atoms with van der Waals surface area (Å²) in [5.41, 5.74) is -0.797. The minimum absolute atomic E-state index is 0.00910. The molecule has 0 bridgehead atoms. The molecule has 0 radical (unpaired) electrons. The van der Waals surface area contributed by atoms with Gasteiger partial charge in [-0.15, -0.1) is 0 Å². The molecule has 1 aliphatic carbocycles. The van der Waals surface area contributed by atoms with Gasteiger partial charge in [0, 0.05) is 38.0 Å². The van der Waals surface area contributed by atoms with Gasteiger partial charge in [0.15, 0.2) is 0 Å². The number of benzene rings is 1. The van der Waals surface area contributed by atoms with Crippen molar-refractivity contribution in [1.82, 2.24) is 15.1 Å². The third kappa shape index (κ3) is 9.64. The fourth-order valence-corrected chi connectivity index (χ4v) is 5.91. The molecule has 0 aromatic heterocycles. The number of nitrogens with one attached hydrogen (secondary N) is 1. The van der Waals surface area contributed by atoms with E-state index in [1.54, 1.807) is 44.9 Å². The Morgan fingerprint density at radius 2 is 1.86 bits per heavy atom. The maximum Gasteiger partial charge on any atom is 0.407 e. The summed E-state index contributed by atoms with van der Waals surface area (Å²) in [5, 5.41) is 2.98. The molecule has 1 N–H and O–H groups in total. The number of alkyl halides is 2. The van der Waals surface area contributed by atoms with Gasteiger partial charge in [-0.3, -0.25) is 14.4 Å². The van der Waals surface area contributed by atoms with Crippen LogP contribution in [0.2, 0.25) is 5.02 Å². The Hall–Kier alpha value is -3.21. The lowest BCUT2D eigenvalue weighted by Crippen LogP contribution is -2.63. The van der Waals surface area contributed by atoms with E-state index in [9.17, 15) is 28.0 Å². The zero-order chi connectivity index (χ0) is 32.0. The maximum absolute atomic E-state index is 14.0. The van der Waals surface area contributed by atoms with E-state index in [0.717, 1.165) is 5.56 Å². The van der Waals surface area contributed by atoms with Gasteiger partial charge in [-0.1, -0.05) is 36.4 Å². The summed E-state index contributed by atoms with van der Waals surface area (Å²) < 4.78 is 38.2. The van der Waals surface area contributed by atoms with Crippen LogP contribution in [-0.4, -0.2) is 84.0 Å². The minimum atomic E-state index is -2.87. The SMILES string of the molecule is C=CCOC(=O)NCC(=O)N(C)[C@@]1(Cc2ccc(Cl)cc2)CCCN(C(=O)[C@@H](CC(=O)OC(C)(C)C)C2CC(F)(F)C2)C1. The van der Waals surface area contributed by atoms with Crippen LogP contribution in [0.4, 0.5) is 13.6 Å². The Balaban J connectivity index is 1.86. The standard InChI is InChI=1S/C31H42ClF2N3O6/c1-6-14-42-28(41)35-19-25(38)36(5)30(16-21-8-10-23(32)11-9-21)12-7-13-37(20-30)27(40)24(22-17-31(33,34)18-22)15-26(39)43-29(2,3)4/h6,8-11,22,24H,1,7,12-20H2,2-5H3,(H,35,41)/t24-,30+/m0/s1. The number of alkyl carbamates (subject to hydrolysis) is 1. The van der Waals surface area contributed by atoms with Crippen LogP contribution in [0.3, 0.4) is 0 Å². The zero-order valence-electron chi connectivity index (χ0n) is 25.3. The van der Waals surface area contributed by atoms with E-state index in [1.165, 1.54) is 11.0 Å². The van der Waals surface area contributed by atoms with Crippen LogP contribution in [0.15, 0.2) is 36.9 Å². The second-order valence-electron chi connectivity index (χ2n) is 12.5. The Kier molecular flexibility index (Phi) is 11.2. The fourth-order valence-electron chi connectivity index (χ4n) is 5.78. The summed E-state index contributed by atoms with van der Waals surface area (Å²) in [5.74, 6) is -5.92. The summed E-state index contributed by atoms with van der Waals surface area (Å²) in [6, 6.07) is 7.16. The van der Waals surface area contributed by atoms with E-state index in [1.807, 2.05) is 12.1 Å². The number of likely N-dealkylation sites (N-methyl/N-ethyl adjacent to an activating group) is 1. The van der Waals surface area contributed by atoms with Crippen LogP contribution in [0.5, 0.6) is 0 Å². The molecule has 2 fully saturated rings. The van der Waals surface area contributed by atoms with E-state index in [2.05, 4.69) is 11.9 Å². The number of piperidine rings is 1. The highest BCUT2D eigenvalue weighted by Gasteiger charge is 2.52. The van der Waals surface area contributed by atoms with Gasteiger partial charge in [0.05, 0.1) is 17.9 Å². The molecule has 2 aliphatic rings. The van der Waals surface area contributed by atoms with Crippen LogP contribution in [-0.2, 0) is 30.3 Å². The number of amides is 3. The lowest BCUT2D eigenvalue weighted by Gasteiger charge is -2.50. The van der Waals surface area contributed by atoms with E-state index >= 15 is 0 Å². The third-order valence-electron chi connectivity index (χ3n) is 7.93. The molecule has 0 unspecified atom stereocenters. The highest BCUT2D eigenvalue weighted by Crippen LogP contribution is 2.48. The van der Waals surface area contributed by atoms with E-state index in [0.29, 0.717) is 30.8 Å². The summed E-state index contributed by atoms with van der Waals surface area (Å²) in [6.07, 6.45) is 0.842. The number of halogens is 3. The number of nitrogens with zero attached hydrogens (tertiary/aromatic N) is 2. The number of carbonyl (C=O) groups is 4. The normalized spacial score (nSPS) is 20.8. The van der Waals surface area contributed by atoms with Crippen molar-refractivity contribution in [2.24, 2.45) is 11.8 Å². The summed E-state index contributed by atoms with van der Waals surface area (Å²) in [6.45, 7) is 8.72. The van der Waals surface area contributed by atoms with Crippen LogP contribution >= 0.6 is 11.6 Å². The first-order valence-corrected chi connectivity index (χ1v) is 14.8. The first-order chi connectivity index (χ1) is 20.0. The molecular weight excluding hydrogens is 584 g/mol. The monoisotopic (exact) mass is 625 g/mol. The topological polar surface area (TPSA) is 105 Å². The first-order valence-electron chi connectivity index (χ1n) is 14.5. The molecule has 1 heterocycles. The molecule has 238 valence electrons. The van der Waals surface area contributed by atoms with Crippen molar-refractivity contribution < 1.29 is 37.4 Å². The summed E-state index contributed by atoms with van der Waals surface area (Å²) >= 11 is 6.09. The molecule has 9 nitrogen and oxygen atoms in total. The molecule has 43 heavy (non-hydrogen) atoms. The predicted molar refractivity (Wildman–Crippen MR) is 158 cm³/mol. The molecule has 1 aromatic rings. The molecule has 3 rings (SSSR count). The maximum atomic E-state index is 14.0. The zero-order valence-corrected chi connectivity index (χ0v) is 26.1. The second kappa shape index (κ2) is 14.1. The second-order valence-corrected chi connectivity index (χ2v) is 12.9.